The average molecular weight is 344 g/mol. The molecule has 0 bridgehead atoms. The van der Waals surface area contributed by atoms with Crippen LogP contribution < -0.4 is 0 Å². The number of fused-ring (bicyclic) bond motifs is 1. The fraction of sp³-hybridized carbons (Fsp3) is 0.529. The highest BCUT2D eigenvalue weighted by Crippen LogP contribution is 2.42. The molecule has 1 amide bonds. The second kappa shape index (κ2) is 6.22. The van der Waals surface area contributed by atoms with E-state index in [4.69, 9.17) is 4.74 Å². The van der Waals surface area contributed by atoms with Crippen LogP contribution in [0.25, 0.3) is 0 Å². The molecule has 126 valence electrons. The van der Waals surface area contributed by atoms with Crippen LogP contribution in [0.15, 0.2) is 18.5 Å². The number of hydrogen-bond donors (Lipinski definition) is 0. The van der Waals surface area contributed by atoms with E-state index in [0.29, 0.717) is 18.0 Å². The molecule has 0 aromatic carbocycles. The first-order valence-corrected chi connectivity index (χ1v) is 9.09. The molecular weight excluding hydrogens is 324 g/mol. The van der Waals surface area contributed by atoms with Gasteiger partial charge in [-0.15, -0.1) is 11.3 Å². The van der Waals surface area contributed by atoms with Gasteiger partial charge in [0.2, 0.25) is 0 Å². The van der Waals surface area contributed by atoms with Gasteiger partial charge in [0.25, 0.3) is 5.91 Å². The Bertz CT molecular complexity index is 729. The summed E-state index contributed by atoms with van der Waals surface area (Å²) in [5.41, 5.74) is 1.68. The normalized spacial score (nSPS) is 26.4. The monoisotopic (exact) mass is 344 g/mol. The van der Waals surface area contributed by atoms with Gasteiger partial charge in [0.15, 0.2) is 0 Å². The second-order valence-corrected chi connectivity index (χ2v) is 7.76. The largest absolute Gasteiger partial charge is 0.366 e. The van der Waals surface area contributed by atoms with Gasteiger partial charge in [-0.2, -0.15) is 10.2 Å². The molecule has 0 unspecified atom stereocenters. The molecule has 2 fully saturated rings. The van der Waals surface area contributed by atoms with E-state index in [9.17, 15) is 4.79 Å². The average Bonchev–Trinajstić information content (AvgIpc) is 3.18. The highest BCUT2D eigenvalue weighted by atomic mass is 32.1. The van der Waals surface area contributed by atoms with Crippen molar-refractivity contribution in [2.24, 2.45) is 5.92 Å². The Hall–Kier alpha value is -1.86. The molecule has 0 saturated carbocycles. The molecule has 0 spiro atoms. The predicted molar refractivity (Wildman–Crippen MR) is 89.9 cm³/mol. The number of aromatic nitrogens is 3. The molecule has 4 rings (SSSR count). The number of carbonyl (C=O) groups is 1. The smallest absolute Gasteiger partial charge is 0.255 e. The number of piperidine rings is 1. The summed E-state index contributed by atoms with van der Waals surface area (Å²) in [7, 11) is 0. The van der Waals surface area contributed by atoms with Crippen LogP contribution >= 0.6 is 11.3 Å². The van der Waals surface area contributed by atoms with Gasteiger partial charge < -0.3 is 9.64 Å². The maximum atomic E-state index is 12.6. The van der Waals surface area contributed by atoms with Crippen LogP contribution in [0.4, 0.5) is 0 Å². The molecule has 3 atom stereocenters. The maximum absolute atomic E-state index is 12.6. The third-order valence-electron chi connectivity index (χ3n) is 4.99. The predicted octanol–water partition coefficient (Wildman–Crippen LogP) is 2.54. The van der Waals surface area contributed by atoms with E-state index in [1.807, 2.05) is 11.8 Å². The summed E-state index contributed by atoms with van der Waals surface area (Å²) in [6.07, 6.45) is 5.25. The van der Waals surface area contributed by atoms with Crippen LogP contribution in [0.1, 0.15) is 44.9 Å². The van der Waals surface area contributed by atoms with E-state index in [2.05, 4.69) is 22.1 Å². The number of aryl methyl sites for hydroxylation is 2. The molecule has 7 heteroatoms. The van der Waals surface area contributed by atoms with E-state index < -0.39 is 0 Å². The SMILES string of the molecule is Cc1nc([C@@H]2C[C@@H]3CCN(C(=O)c4ccnnc4)C[C@H]3O2)sc1C. The van der Waals surface area contributed by atoms with E-state index in [1.54, 1.807) is 23.6 Å². The van der Waals surface area contributed by atoms with Gasteiger partial charge in [-0.1, -0.05) is 0 Å². The van der Waals surface area contributed by atoms with Gasteiger partial charge in [0, 0.05) is 18.0 Å². The lowest BCUT2D eigenvalue weighted by Crippen LogP contribution is -2.45. The minimum atomic E-state index is 0.0105. The number of rotatable bonds is 2. The Kier molecular flexibility index (Phi) is 4.05. The lowest BCUT2D eigenvalue weighted by molar-refractivity contribution is -0.00452. The first kappa shape index (κ1) is 15.7. The first-order chi connectivity index (χ1) is 11.6. The lowest BCUT2D eigenvalue weighted by Gasteiger charge is -2.34. The second-order valence-electron chi connectivity index (χ2n) is 6.52. The van der Waals surface area contributed by atoms with Crippen LogP contribution in [-0.4, -0.2) is 45.2 Å². The molecule has 2 aromatic heterocycles. The number of amides is 1. The molecular formula is C17H20N4O2S. The zero-order valence-electron chi connectivity index (χ0n) is 13.8. The Morgan fingerprint density at radius 1 is 1.38 bits per heavy atom. The highest BCUT2D eigenvalue weighted by Gasteiger charge is 2.41. The fourth-order valence-corrected chi connectivity index (χ4v) is 4.48. The summed E-state index contributed by atoms with van der Waals surface area (Å²) in [5, 5.41) is 8.60. The summed E-state index contributed by atoms with van der Waals surface area (Å²) >= 11 is 1.73. The maximum Gasteiger partial charge on any atom is 0.255 e. The van der Waals surface area contributed by atoms with E-state index >= 15 is 0 Å². The Balaban J connectivity index is 1.45. The Morgan fingerprint density at radius 2 is 2.25 bits per heavy atom. The topological polar surface area (TPSA) is 68.2 Å². The van der Waals surface area contributed by atoms with Gasteiger partial charge in [-0.3, -0.25) is 4.79 Å². The first-order valence-electron chi connectivity index (χ1n) is 8.27. The molecule has 6 nitrogen and oxygen atoms in total. The summed E-state index contributed by atoms with van der Waals surface area (Å²) in [6.45, 7) is 5.56. The Morgan fingerprint density at radius 3 is 2.96 bits per heavy atom. The highest BCUT2D eigenvalue weighted by molar-refractivity contribution is 7.11. The number of nitrogens with zero attached hydrogens (tertiary/aromatic N) is 4. The number of hydrogen-bond acceptors (Lipinski definition) is 6. The minimum Gasteiger partial charge on any atom is -0.366 e. The van der Waals surface area contributed by atoms with E-state index in [-0.39, 0.29) is 18.1 Å². The molecule has 2 aliphatic rings. The van der Waals surface area contributed by atoms with Crippen molar-refractivity contribution >= 4 is 17.2 Å². The van der Waals surface area contributed by atoms with Crippen molar-refractivity contribution in [3.05, 3.63) is 39.6 Å². The Labute approximate surface area is 144 Å². The number of carbonyl (C=O) groups excluding carboxylic acids is 1. The zero-order valence-corrected chi connectivity index (χ0v) is 14.6. The van der Waals surface area contributed by atoms with Gasteiger partial charge in [0.1, 0.15) is 11.1 Å². The van der Waals surface area contributed by atoms with Gasteiger partial charge >= 0.3 is 0 Å². The van der Waals surface area contributed by atoms with Crippen molar-refractivity contribution in [2.75, 3.05) is 13.1 Å². The molecule has 2 saturated heterocycles. The molecule has 2 aliphatic heterocycles. The molecule has 0 radical (unpaired) electrons. The fourth-order valence-electron chi connectivity index (χ4n) is 3.51. The van der Waals surface area contributed by atoms with Crippen molar-refractivity contribution < 1.29 is 9.53 Å². The molecule has 24 heavy (non-hydrogen) atoms. The van der Waals surface area contributed by atoms with Gasteiger partial charge in [0.05, 0.1) is 29.8 Å². The van der Waals surface area contributed by atoms with Crippen LogP contribution in [0, 0.1) is 19.8 Å². The molecule has 4 heterocycles. The van der Waals surface area contributed by atoms with Crippen molar-refractivity contribution in [2.45, 2.75) is 38.9 Å². The standard InChI is InChI=1S/C17H20N4O2S/c1-10-11(2)24-16(20-10)14-7-12-4-6-21(9-15(12)23-14)17(22)13-3-5-18-19-8-13/h3,5,8,12,14-15H,4,6-7,9H2,1-2H3/t12-,14-,15+/m0/s1. The van der Waals surface area contributed by atoms with Gasteiger partial charge in [-0.25, -0.2) is 4.98 Å². The summed E-state index contributed by atoms with van der Waals surface area (Å²) in [5.74, 6) is 0.524. The molecule has 0 N–H and O–H groups in total. The summed E-state index contributed by atoms with van der Waals surface area (Å²) in [4.78, 5) is 20.4. The third-order valence-corrected chi connectivity index (χ3v) is 6.16. The van der Waals surface area contributed by atoms with Crippen LogP contribution in [0.2, 0.25) is 0 Å². The zero-order chi connectivity index (χ0) is 16.7. The van der Waals surface area contributed by atoms with Crippen molar-refractivity contribution in [3.8, 4) is 0 Å². The van der Waals surface area contributed by atoms with Crippen LogP contribution in [-0.2, 0) is 4.74 Å². The summed E-state index contributed by atoms with van der Waals surface area (Å²) in [6, 6.07) is 1.71. The number of likely N-dealkylation sites (tertiary alicyclic amines) is 1. The molecule has 0 aliphatic carbocycles. The van der Waals surface area contributed by atoms with Gasteiger partial charge in [-0.05, 0) is 38.7 Å². The number of thiazole rings is 1. The van der Waals surface area contributed by atoms with Crippen molar-refractivity contribution in [1.29, 1.82) is 0 Å². The van der Waals surface area contributed by atoms with Crippen molar-refractivity contribution in [3.63, 3.8) is 0 Å². The quantitative estimate of drug-likeness (QED) is 0.837. The number of ether oxygens (including phenoxy) is 1. The minimum absolute atomic E-state index is 0.0105. The lowest BCUT2D eigenvalue weighted by atomic mass is 9.91. The van der Waals surface area contributed by atoms with E-state index in [1.165, 1.54) is 11.1 Å². The summed E-state index contributed by atoms with van der Waals surface area (Å²) < 4.78 is 6.26. The van der Waals surface area contributed by atoms with Crippen LogP contribution in [0.5, 0.6) is 0 Å². The van der Waals surface area contributed by atoms with Crippen molar-refractivity contribution in [1.82, 2.24) is 20.1 Å². The third kappa shape index (κ3) is 2.82. The van der Waals surface area contributed by atoms with E-state index in [0.717, 1.165) is 30.1 Å². The van der Waals surface area contributed by atoms with Crippen LogP contribution in [0.3, 0.4) is 0 Å². The molecule has 2 aromatic rings.